The SMILES string of the molecule is C=C(C)c1ccc(-c2cc(-c3cccc(F)c3)c3oc(CNC(=O)OC(C)(C)C)cc3c2)nc1. The van der Waals surface area contributed by atoms with Crippen LogP contribution in [-0.4, -0.2) is 16.7 Å². The molecule has 6 heteroatoms. The van der Waals surface area contributed by atoms with Crippen LogP contribution in [0.4, 0.5) is 9.18 Å². The molecule has 1 N–H and O–H groups in total. The summed E-state index contributed by atoms with van der Waals surface area (Å²) in [6, 6.07) is 16.1. The fraction of sp³-hybridized carbons (Fsp3) is 0.214. The van der Waals surface area contributed by atoms with Gasteiger partial charge in [0.2, 0.25) is 0 Å². The van der Waals surface area contributed by atoms with Crippen LogP contribution in [0.25, 0.3) is 38.9 Å². The van der Waals surface area contributed by atoms with E-state index in [-0.39, 0.29) is 12.4 Å². The summed E-state index contributed by atoms with van der Waals surface area (Å²) in [5.41, 5.74) is 4.98. The summed E-state index contributed by atoms with van der Waals surface area (Å²) in [6.45, 7) is 11.5. The van der Waals surface area contributed by atoms with Crippen molar-refractivity contribution < 1.29 is 18.3 Å². The normalized spacial score (nSPS) is 11.4. The van der Waals surface area contributed by atoms with E-state index in [1.807, 2.05) is 43.3 Å². The number of aromatic nitrogens is 1. The maximum atomic E-state index is 14.0. The molecule has 0 spiro atoms. The van der Waals surface area contributed by atoms with Gasteiger partial charge in [-0.15, -0.1) is 0 Å². The molecule has 2 aromatic carbocycles. The van der Waals surface area contributed by atoms with Crippen molar-refractivity contribution >= 4 is 22.6 Å². The van der Waals surface area contributed by atoms with Crippen LogP contribution in [0.2, 0.25) is 0 Å². The van der Waals surface area contributed by atoms with E-state index < -0.39 is 11.7 Å². The van der Waals surface area contributed by atoms with Crippen LogP contribution in [0.3, 0.4) is 0 Å². The quantitative estimate of drug-likeness (QED) is 0.339. The predicted octanol–water partition coefficient (Wildman–Crippen LogP) is 7.36. The van der Waals surface area contributed by atoms with Crippen LogP contribution in [0.15, 0.2) is 71.8 Å². The second-order valence-corrected chi connectivity index (χ2v) is 9.23. The number of hydrogen-bond donors (Lipinski definition) is 1. The Balaban J connectivity index is 1.75. The molecule has 34 heavy (non-hydrogen) atoms. The van der Waals surface area contributed by atoms with Crippen LogP contribution < -0.4 is 5.32 Å². The minimum absolute atomic E-state index is 0.160. The lowest BCUT2D eigenvalue weighted by molar-refractivity contribution is 0.0520. The third-order valence-electron chi connectivity index (χ3n) is 5.16. The largest absolute Gasteiger partial charge is 0.459 e. The van der Waals surface area contributed by atoms with Gasteiger partial charge in [0.15, 0.2) is 0 Å². The number of nitrogens with one attached hydrogen (secondary N) is 1. The number of carbonyl (C=O) groups is 1. The zero-order valence-corrected chi connectivity index (χ0v) is 19.7. The monoisotopic (exact) mass is 458 g/mol. The maximum absolute atomic E-state index is 14.0. The number of hydrogen-bond acceptors (Lipinski definition) is 4. The molecule has 0 aliphatic rings. The molecule has 2 heterocycles. The molecule has 0 unspecified atom stereocenters. The minimum atomic E-state index is -0.593. The summed E-state index contributed by atoms with van der Waals surface area (Å²) in [5, 5.41) is 3.54. The lowest BCUT2D eigenvalue weighted by Gasteiger charge is -2.19. The van der Waals surface area contributed by atoms with Crippen molar-refractivity contribution in [3.63, 3.8) is 0 Å². The van der Waals surface area contributed by atoms with Crippen LogP contribution in [0, 0.1) is 5.82 Å². The first kappa shape index (κ1) is 23.2. The van der Waals surface area contributed by atoms with Gasteiger partial charge in [0.05, 0.1) is 12.2 Å². The number of pyridine rings is 1. The van der Waals surface area contributed by atoms with E-state index in [0.717, 1.165) is 33.3 Å². The van der Waals surface area contributed by atoms with Gasteiger partial charge in [-0.2, -0.15) is 0 Å². The van der Waals surface area contributed by atoms with Gasteiger partial charge in [-0.25, -0.2) is 9.18 Å². The Labute approximate surface area is 198 Å². The Hall–Kier alpha value is -3.93. The van der Waals surface area contributed by atoms with E-state index in [1.54, 1.807) is 33.0 Å². The van der Waals surface area contributed by atoms with E-state index >= 15 is 0 Å². The van der Waals surface area contributed by atoms with E-state index in [9.17, 15) is 9.18 Å². The average Bonchev–Trinajstić information content (AvgIpc) is 3.19. The van der Waals surface area contributed by atoms with Crippen molar-refractivity contribution in [3.8, 4) is 22.4 Å². The number of furan rings is 1. The summed E-state index contributed by atoms with van der Waals surface area (Å²) in [6.07, 6.45) is 1.26. The number of amides is 1. The summed E-state index contributed by atoms with van der Waals surface area (Å²) < 4.78 is 25.4. The molecule has 0 aliphatic carbocycles. The highest BCUT2D eigenvalue weighted by molar-refractivity contribution is 5.96. The number of fused-ring (bicyclic) bond motifs is 1. The number of halogens is 1. The smallest absolute Gasteiger partial charge is 0.408 e. The minimum Gasteiger partial charge on any atom is -0.459 e. The highest BCUT2D eigenvalue weighted by Crippen LogP contribution is 2.36. The van der Waals surface area contributed by atoms with Crippen LogP contribution in [-0.2, 0) is 11.3 Å². The highest BCUT2D eigenvalue weighted by atomic mass is 19.1. The molecule has 2 aromatic heterocycles. The van der Waals surface area contributed by atoms with E-state index in [1.165, 1.54) is 12.1 Å². The van der Waals surface area contributed by atoms with Crippen LogP contribution >= 0.6 is 0 Å². The van der Waals surface area contributed by atoms with Gasteiger partial charge in [0.25, 0.3) is 0 Å². The van der Waals surface area contributed by atoms with Gasteiger partial charge in [0.1, 0.15) is 22.8 Å². The molecule has 0 saturated heterocycles. The summed E-state index contributed by atoms with van der Waals surface area (Å²) in [5.74, 6) is 0.222. The standard InChI is InChI=1S/C28H27FN2O3/c1-17(2)19-9-10-25(30-15-19)20-11-21-13-23(16-31-27(32)34-28(3,4)5)33-26(21)24(14-20)18-7-6-8-22(29)12-18/h6-15H,1,16H2,2-5H3,(H,31,32). The van der Waals surface area contributed by atoms with Crippen LogP contribution in [0.1, 0.15) is 39.0 Å². The number of ether oxygens (including phenoxy) is 1. The number of benzene rings is 2. The molecule has 0 aliphatic heterocycles. The van der Waals surface area contributed by atoms with Gasteiger partial charge >= 0.3 is 6.09 Å². The summed E-state index contributed by atoms with van der Waals surface area (Å²) >= 11 is 0. The third kappa shape index (κ3) is 5.34. The molecule has 0 radical (unpaired) electrons. The topological polar surface area (TPSA) is 64.4 Å². The lowest BCUT2D eigenvalue weighted by atomic mass is 9.98. The lowest BCUT2D eigenvalue weighted by Crippen LogP contribution is -2.32. The molecule has 4 aromatic rings. The van der Waals surface area contributed by atoms with E-state index in [2.05, 4.69) is 16.9 Å². The second kappa shape index (κ2) is 9.14. The van der Waals surface area contributed by atoms with Crippen molar-refractivity contribution in [2.75, 3.05) is 0 Å². The van der Waals surface area contributed by atoms with Crippen molar-refractivity contribution in [1.29, 1.82) is 0 Å². The first-order chi connectivity index (χ1) is 16.1. The van der Waals surface area contributed by atoms with E-state index in [0.29, 0.717) is 16.9 Å². The van der Waals surface area contributed by atoms with Gasteiger partial charge in [-0.3, -0.25) is 4.98 Å². The first-order valence-corrected chi connectivity index (χ1v) is 11.0. The summed E-state index contributed by atoms with van der Waals surface area (Å²) in [4.78, 5) is 16.6. The number of rotatable bonds is 5. The van der Waals surface area contributed by atoms with Crippen molar-refractivity contribution in [2.45, 2.75) is 39.8 Å². The van der Waals surface area contributed by atoms with Gasteiger partial charge in [-0.05, 0) is 80.8 Å². The van der Waals surface area contributed by atoms with Gasteiger partial charge < -0.3 is 14.5 Å². The Morgan fingerprint density at radius 3 is 2.56 bits per heavy atom. The molecule has 0 saturated carbocycles. The van der Waals surface area contributed by atoms with Crippen molar-refractivity contribution in [2.24, 2.45) is 0 Å². The third-order valence-corrected chi connectivity index (χ3v) is 5.16. The average molecular weight is 459 g/mol. The molecule has 0 bridgehead atoms. The highest BCUT2D eigenvalue weighted by Gasteiger charge is 2.18. The number of allylic oxidation sites excluding steroid dienone is 1. The molecular formula is C28H27FN2O3. The fourth-order valence-electron chi connectivity index (χ4n) is 3.60. The van der Waals surface area contributed by atoms with Gasteiger partial charge in [-0.1, -0.05) is 24.8 Å². The molecule has 5 nitrogen and oxygen atoms in total. The molecule has 0 fully saturated rings. The fourth-order valence-corrected chi connectivity index (χ4v) is 3.60. The molecule has 0 atom stereocenters. The zero-order valence-electron chi connectivity index (χ0n) is 19.7. The van der Waals surface area contributed by atoms with Crippen molar-refractivity contribution in [1.82, 2.24) is 10.3 Å². The van der Waals surface area contributed by atoms with Crippen molar-refractivity contribution in [3.05, 3.63) is 84.5 Å². The predicted molar refractivity (Wildman–Crippen MR) is 133 cm³/mol. The second-order valence-electron chi connectivity index (χ2n) is 9.23. The van der Waals surface area contributed by atoms with Gasteiger partial charge in [0, 0.05) is 22.7 Å². The molecular weight excluding hydrogens is 431 g/mol. The Kier molecular flexibility index (Phi) is 6.24. The molecule has 1 amide bonds. The van der Waals surface area contributed by atoms with Crippen LogP contribution in [0.5, 0.6) is 0 Å². The molecule has 4 rings (SSSR count). The maximum Gasteiger partial charge on any atom is 0.408 e. The number of nitrogens with zero attached hydrogens (tertiary/aromatic N) is 1. The Morgan fingerprint density at radius 2 is 1.91 bits per heavy atom. The summed E-state index contributed by atoms with van der Waals surface area (Å²) in [7, 11) is 0. The molecule has 174 valence electrons. The van der Waals surface area contributed by atoms with E-state index in [4.69, 9.17) is 9.15 Å². The Morgan fingerprint density at radius 1 is 1.12 bits per heavy atom. The Bertz CT molecular complexity index is 1360. The number of alkyl carbamates (subject to hydrolysis) is 1. The number of carbonyl (C=O) groups excluding carboxylic acids is 1. The zero-order chi connectivity index (χ0) is 24.5. The first-order valence-electron chi connectivity index (χ1n) is 11.0.